The molecule has 19 heteroatoms. The van der Waals surface area contributed by atoms with Crippen LogP contribution in [0.2, 0.25) is 0 Å². The number of allylic oxidation sites excluding steroid dienone is 12. The van der Waals surface area contributed by atoms with Gasteiger partial charge in [0, 0.05) is 25.7 Å². The van der Waals surface area contributed by atoms with Crippen molar-refractivity contribution in [2.75, 3.05) is 39.6 Å². The van der Waals surface area contributed by atoms with Crippen LogP contribution < -0.4 is 0 Å². The number of ether oxygens (including phenoxy) is 4. The van der Waals surface area contributed by atoms with Crippen LogP contribution >= 0.6 is 15.6 Å². The molecular weight excluding hydrogens is 1310 g/mol. The van der Waals surface area contributed by atoms with Crippen molar-refractivity contribution in [3.8, 4) is 0 Å². The molecule has 0 bridgehead atoms. The molecule has 0 aliphatic carbocycles. The minimum Gasteiger partial charge on any atom is -0.462 e. The van der Waals surface area contributed by atoms with Crippen molar-refractivity contribution in [1.29, 1.82) is 0 Å². The van der Waals surface area contributed by atoms with Gasteiger partial charge < -0.3 is 33.8 Å². The first-order valence-electron chi connectivity index (χ1n) is 40.2. The summed E-state index contributed by atoms with van der Waals surface area (Å²) in [6.07, 6.45) is 74.4. The highest BCUT2D eigenvalue weighted by molar-refractivity contribution is 7.47. The lowest BCUT2D eigenvalue weighted by Crippen LogP contribution is -2.30. The van der Waals surface area contributed by atoms with Gasteiger partial charge in [-0.3, -0.25) is 37.3 Å². The van der Waals surface area contributed by atoms with Crippen LogP contribution in [0.5, 0.6) is 0 Å². The monoisotopic (exact) mass is 1450 g/mol. The molecule has 0 aromatic heterocycles. The Bertz CT molecular complexity index is 2030. The van der Waals surface area contributed by atoms with E-state index in [0.29, 0.717) is 25.7 Å². The standard InChI is InChI=1S/C81H146O17P2/c1-5-9-13-17-21-25-29-33-37-41-45-49-53-57-61-65-78(83)91-71-76(97-80(85)67-63-59-55-51-47-43-39-35-31-27-23-19-15-11-7-3)73-95-99(87,88)93-69-75(82)70-94-100(89,90)96-74-77(98-81(86)68-64-60-56-52-48-44-40-36-32-28-24-20-16-12-8-4)72-92-79(84)66-62-58-54-50-46-42-38-34-30-26-22-18-14-10-6-2/h27-28,31-40,75-77,82H,5-26,29-30,41-74H2,1-4H3,(H,87,88)(H,89,90)/b31-27-,32-28-,37-33-,38-34-,39-35-,40-36-/t76-,77-/m1/s1. The van der Waals surface area contributed by atoms with Crippen molar-refractivity contribution in [3.63, 3.8) is 0 Å². The SMILES string of the molecule is CCCCCC/C=C\C=C/CCCCCCCC(=O)O[C@H](COC(=O)CCCCCCC/C=C\CCCCCCCC)COP(=O)(O)OCC(O)COP(=O)(O)OC[C@@H](COC(=O)CCCCCCC/C=C\CCCCCCCC)OC(=O)CCCCCCC/C=C\C=C/CCCCCC. The second-order valence-electron chi connectivity index (χ2n) is 27.1. The number of unbranched alkanes of at least 4 members (excludes halogenated alkanes) is 40. The second kappa shape index (κ2) is 73.8. The van der Waals surface area contributed by atoms with Crippen molar-refractivity contribution in [1.82, 2.24) is 0 Å². The number of carbonyl (C=O) groups excluding carboxylic acids is 4. The number of hydrogen-bond acceptors (Lipinski definition) is 15. The Morgan fingerprint density at radius 3 is 0.760 bits per heavy atom. The van der Waals surface area contributed by atoms with E-state index in [0.717, 1.165) is 154 Å². The van der Waals surface area contributed by atoms with Gasteiger partial charge >= 0.3 is 39.5 Å². The molecular formula is C81H146O17P2. The van der Waals surface area contributed by atoms with Crippen LogP contribution in [-0.4, -0.2) is 96.7 Å². The fraction of sp³-hybridized carbons (Fsp3) is 0.802. The summed E-state index contributed by atoms with van der Waals surface area (Å²) in [5, 5.41) is 10.6. The third kappa shape index (κ3) is 72.8. The largest absolute Gasteiger partial charge is 0.472 e. The van der Waals surface area contributed by atoms with E-state index in [-0.39, 0.29) is 25.7 Å². The van der Waals surface area contributed by atoms with Gasteiger partial charge in [-0.15, -0.1) is 0 Å². The van der Waals surface area contributed by atoms with E-state index < -0.39 is 97.5 Å². The van der Waals surface area contributed by atoms with Gasteiger partial charge in [0.2, 0.25) is 0 Å². The van der Waals surface area contributed by atoms with Gasteiger partial charge in [0.15, 0.2) is 12.2 Å². The molecule has 3 N–H and O–H groups in total. The maximum atomic E-state index is 13.1. The summed E-state index contributed by atoms with van der Waals surface area (Å²) in [6.45, 7) is 4.83. The van der Waals surface area contributed by atoms with Crippen LogP contribution in [0.1, 0.15) is 362 Å². The number of rotatable bonds is 76. The number of hydrogen-bond donors (Lipinski definition) is 3. The number of phosphoric acid groups is 2. The molecule has 0 aliphatic rings. The first kappa shape index (κ1) is 96.5. The van der Waals surface area contributed by atoms with Crippen LogP contribution in [0, 0.1) is 0 Å². The number of carbonyl (C=O) groups is 4. The fourth-order valence-electron chi connectivity index (χ4n) is 11.0. The van der Waals surface area contributed by atoms with Gasteiger partial charge in [-0.05, 0) is 128 Å². The summed E-state index contributed by atoms with van der Waals surface area (Å²) in [7, 11) is -9.96. The topological polar surface area (TPSA) is 237 Å². The Morgan fingerprint density at radius 1 is 0.280 bits per heavy atom. The summed E-state index contributed by atoms with van der Waals surface area (Å²) in [6, 6.07) is 0. The van der Waals surface area contributed by atoms with Crippen molar-refractivity contribution in [3.05, 3.63) is 72.9 Å². The van der Waals surface area contributed by atoms with Gasteiger partial charge in [-0.1, -0.05) is 280 Å². The Kier molecular flexibility index (Phi) is 71.2. The van der Waals surface area contributed by atoms with Crippen molar-refractivity contribution < 1.29 is 80.2 Å². The summed E-state index contributed by atoms with van der Waals surface area (Å²) in [5.74, 6) is -2.20. The zero-order valence-corrected chi connectivity index (χ0v) is 65.4. The smallest absolute Gasteiger partial charge is 0.462 e. The predicted octanol–water partition coefficient (Wildman–Crippen LogP) is 23.2. The summed E-state index contributed by atoms with van der Waals surface area (Å²) in [4.78, 5) is 73.0. The number of aliphatic hydroxyl groups excluding tert-OH is 1. The van der Waals surface area contributed by atoms with Gasteiger partial charge in [0.05, 0.1) is 26.4 Å². The van der Waals surface area contributed by atoms with Crippen LogP contribution in [0.25, 0.3) is 0 Å². The van der Waals surface area contributed by atoms with E-state index in [1.54, 1.807) is 0 Å². The molecule has 17 nitrogen and oxygen atoms in total. The molecule has 0 saturated carbocycles. The number of phosphoric ester groups is 2. The Labute approximate surface area is 609 Å². The van der Waals surface area contributed by atoms with Crippen LogP contribution in [-0.2, 0) is 65.4 Å². The Morgan fingerprint density at radius 2 is 0.490 bits per heavy atom. The summed E-state index contributed by atoms with van der Waals surface area (Å²) < 4.78 is 68.6. The lowest BCUT2D eigenvalue weighted by atomic mass is 10.1. The Hall–Kier alpha value is -3.50. The number of esters is 4. The molecule has 2 unspecified atom stereocenters. The lowest BCUT2D eigenvalue weighted by Gasteiger charge is -2.21. The zero-order valence-electron chi connectivity index (χ0n) is 63.6. The minimum atomic E-state index is -4.98. The zero-order chi connectivity index (χ0) is 73.2. The van der Waals surface area contributed by atoms with E-state index in [9.17, 15) is 43.2 Å². The van der Waals surface area contributed by atoms with Crippen molar-refractivity contribution in [2.24, 2.45) is 0 Å². The molecule has 4 atom stereocenters. The second-order valence-corrected chi connectivity index (χ2v) is 30.0. The average molecular weight is 1450 g/mol. The van der Waals surface area contributed by atoms with Gasteiger partial charge in [-0.25, -0.2) is 9.13 Å². The predicted molar refractivity (Wildman–Crippen MR) is 409 cm³/mol. The molecule has 0 rings (SSSR count). The van der Waals surface area contributed by atoms with Gasteiger partial charge in [0.25, 0.3) is 0 Å². The van der Waals surface area contributed by atoms with Gasteiger partial charge in [0.1, 0.15) is 19.3 Å². The molecule has 0 saturated heterocycles. The molecule has 0 amide bonds. The highest BCUT2D eigenvalue weighted by atomic mass is 31.2. The van der Waals surface area contributed by atoms with Gasteiger partial charge in [-0.2, -0.15) is 0 Å². The molecule has 100 heavy (non-hydrogen) atoms. The van der Waals surface area contributed by atoms with E-state index in [1.807, 2.05) is 0 Å². The first-order chi connectivity index (χ1) is 48.7. The summed E-state index contributed by atoms with van der Waals surface area (Å²) in [5.41, 5.74) is 0. The molecule has 582 valence electrons. The van der Waals surface area contributed by atoms with E-state index in [4.69, 9.17) is 37.0 Å². The average Bonchev–Trinajstić information content (AvgIpc) is 1.25. The van der Waals surface area contributed by atoms with Crippen molar-refractivity contribution in [2.45, 2.75) is 380 Å². The molecule has 0 fully saturated rings. The van der Waals surface area contributed by atoms with Crippen LogP contribution in [0.3, 0.4) is 0 Å². The molecule has 0 heterocycles. The normalized spacial score (nSPS) is 14.3. The maximum absolute atomic E-state index is 13.1. The molecule has 0 aliphatic heterocycles. The molecule has 0 spiro atoms. The quantitative estimate of drug-likeness (QED) is 0.0128. The van der Waals surface area contributed by atoms with E-state index in [1.165, 1.54) is 128 Å². The summed E-state index contributed by atoms with van der Waals surface area (Å²) >= 11 is 0. The third-order valence-electron chi connectivity index (χ3n) is 17.2. The van der Waals surface area contributed by atoms with Crippen molar-refractivity contribution >= 4 is 39.5 Å². The molecule has 0 aromatic rings. The first-order valence-corrected chi connectivity index (χ1v) is 43.2. The third-order valence-corrected chi connectivity index (χ3v) is 19.1. The fourth-order valence-corrected chi connectivity index (χ4v) is 12.5. The van der Waals surface area contributed by atoms with Crippen LogP contribution in [0.15, 0.2) is 72.9 Å². The van der Waals surface area contributed by atoms with E-state index in [2.05, 4.69) is 101 Å². The highest BCUT2D eigenvalue weighted by Crippen LogP contribution is 2.45. The minimum absolute atomic E-state index is 0.0780. The Balaban J connectivity index is 5.37. The lowest BCUT2D eigenvalue weighted by molar-refractivity contribution is -0.161. The van der Waals surface area contributed by atoms with Crippen LogP contribution in [0.4, 0.5) is 0 Å². The molecule has 0 radical (unpaired) electrons. The highest BCUT2D eigenvalue weighted by Gasteiger charge is 2.30. The molecule has 0 aromatic carbocycles. The van der Waals surface area contributed by atoms with E-state index >= 15 is 0 Å². The number of aliphatic hydroxyl groups is 1. The maximum Gasteiger partial charge on any atom is 0.472 e.